The first kappa shape index (κ1) is 21.4. The van der Waals surface area contributed by atoms with Crippen molar-refractivity contribution in [3.05, 3.63) is 102 Å². The van der Waals surface area contributed by atoms with Crippen molar-refractivity contribution in [1.29, 1.82) is 0 Å². The van der Waals surface area contributed by atoms with Gasteiger partial charge in [-0.15, -0.1) is 0 Å². The molecule has 1 aliphatic rings. The monoisotopic (exact) mass is 460 g/mol. The van der Waals surface area contributed by atoms with Crippen LogP contribution >= 0.6 is 0 Å². The number of aryl methyl sites for hydroxylation is 1. The van der Waals surface area contributed by atoms with Crippen LogP contribution < -0.4 is 4.90 Å². The van der Waals surface area contributed by atoms with Gasteiger partial charge >= 0.3 is 0 Å². The molecule has 0 unspecified atom stereocenters. The van der Waals surface area contributed by atoms with E-state index in [0.717, 1.165) is 45.7 Å². The van der Waals surface area contributed by atoms with E-state index in [1.54, 1.807) is 0 Å². The highest BCUT2D eigenvalue weighted by molar-refractivity contribution is 6.08. The molecule has 0 aliphatic carbocycles. The molecular formula is C30H28N4O. The molecule has 2 aromatic carbocycles. The summed E-state index contributed by atoms with van der Waals surface area (Å²) in [5.41, 5.74) is 7.47. The van der Waals surface area contributed by atoms with Crippen LogP contribution in [0.2, 0.25) is 0 Å². The lowest BCUT2D eigenvalue weighted by atomic mass is 9.80. The van der Waals surface area contributed by atoms with E-state index in [1.165, 1.54) is 11.3 Å². The summed E-state index contributed by atoms with van der Waals surface area (Å²) in [6.45, 7) is 7.30. The van der Waals surface area contributed by atoms with Crippen LogP contribution in [-0.2, 0) is 5.41 Å². The summed E-state index contributed by atoms with van der Waals surface area (Å²) < 4.78 is 6.24. The standard InChI is InChI=1S/C30H28N4O/c1-20-14-15-24-23-10-6-11-25(28(23)35-29(24)31-20)26-12-7-13-27(32-26)30(2,3)21-8-5-9-22(18-21)34-17-16-33(4)19-34/h5-18H,19H2,1-4H3. The molecule has 0 radical (unpaired) electrons. The molecule has 0 saturated carbocycles. The van der Waals surface area contributed by atoms with Gasteiger partial charge in [-0.05, 0) is 55.0 Å². The molecule has 1 aliphatic heterocycles. The number of anilines is 1. The molecule has 0 bridgehead atoms. The number of rotatable bonds is 4. The molecule has 0 atom stereocenters. The van der Waals surface area contributed by atoms with Crippen molar-refractivity contribution in [1.82, 2.24) is 14.9 Å². The van der Waals surface area contributed by atoms with Gasteiger partial charge in [0.1, 0.15) is 5.58 Å². The summed E-state index contributed by atoms with van der Waals surface area (Å²) in [5, 5.41) is 2.09. The summed E-state index contributed by atoms with van der Waals surface area (Å²) in [4.78, 5) is 14.2. The van der Waals surface area contributed by atoms with Gasteiger partial charge in [0.05, 0.1) is 18.1 Å². The van der Waals surface area contributed by atoms with E-state index in [-0.39, 0.29) is 5.41 Å². The fraction of sp³-hybridized carbons (Fsp3) is 0.200. The molecule has 3 aromatic heterocycles. The Morgan fingerprint density at radius 2 is 1.69 bits per heavy atom. The number of fused-ring (bicyclic) bond motifs is 3. The van der Waals surface area contributed by atoms with Gasteiger partial charge in [-0.25, -0.2) is 4.98 Å². The summed E-state index contributed by atoms with van der Waals surface area (Å²) >= 11 is 0. The second-order valence-corrected chi connectivity index (χ2v) is 9.84. The first-order valence-corrected chi connectivity index (χ1v) is 11.9. The van der Waals surface area contributed by atoms with Gasteiger partial charge < -0.3 is 14.2 Å². The molecular weight excluding hydrogens is 432 g/mol. The van der Waals surface area contributed by atoms with Crippen LogP contribution in [0, 0.1) is 6.92 Å². The van der Waals surface area contributed by atoms with Crippen LogP contribution in [0.25, 0.3) is 33.3 Å². The molecule has 5 aromatic rings. The minimum absolute atomic E-state index is 0.276. The Morgan fingerprint density at radius 3 is 2.51 bits per heavy atom. The Labute approximate surface area is 205 Å². The molecule has 0 amide bonds. The average Bonchev–Trinajstić information content (AvgIpc) is 3.47. The van der Waals surface area contributed by atoms with Crippen molar-refractivity contribution in [3.8, 4) is 11.3 Å². The molecule has 0 fully saturated rings. The zero-order valence-electron chi connectivity index (χ0n) is 20.5. The van der Waals surface area contributed by atoms with Crippen molar-refractivity contribution in [2.75, 3.05) is 18.6 Å². The topological polar surface area (TPSA) is 45.4 Å². The Kier molecular flexibility index (Phi) is 4.88. The summed E-state index contributed by atoms with van der Waals surface area (Å²) in [6, 6.07) is 25.3. The highest BCUT2D eigenvalue weighted by atomic mass is 16.3. The van der Waals surface area contributed by atoms with Crippen molar-refractivity contribution in [2.24, 2.45) is 0 Å². The Morgan fingerprint density at radius 1 is 0.857 bits per heavy atom. The Balaban J connectivity index is 1.42. The lowest BCUT2D eigenvalue weighted by Gasteiger charge is -2.27. The highest BCUT2D eigenvalue weighted by Gasteiger charge is 2.26. The second-order valence-electron chi connectivity index (χ2n) is 9.84. The van der Waals surface area contributed by atoms with E-state index < -0.39 is 0 Å². The quantitative estimate of drug-likeness (QED) is 0.293. The molecule has 6 rings (SSSR count). The van der Waals surface area contributed by atoms with E-state index in [1.807, 2.05) is 13.0 Å². The molecule has 174 valence electrons. The first-order valence-electron chi connectivity index (χ1n) is 11.9. The predicted octanol–water partition coefficient (Wildman–Crippen LogP) is 6.86. The van der Waals surface area contributed by atoms with E-state index in [4.69, 9.17) is 9.40 Å². The first-order chi connectivity index (χ1) is 16.9. The van der Waals surface area contributed by atoms with Gasteiger partial charge in [-0.3, -0.25) is 4.98 Å². The fourth-order valence-electron chi connectivity index (χ4n) is 4.82. The van der Waals surface area contributed by atoms with Crippen molar-refractivity contribution < 1.29 is 4.42 Å². The maximum absolute atomic E-state index is 6.24. The minimum atomic E-state index is -0.276. The van der Waals surface area contributed by atoms with E-state index >= 15 is 0 Å². The molecule has 5 heteroatoms. The largest absolute Gasteiger partial charge is 0.437 e. The average molecular weight is 461 g/mol. The summed E-state index contributed by atoms with van der Waals surface area (Å²) in [6.07, 6.45) is 4.22. The van der Waals surface area contributed by atoms with Crippen LogP contribution in [0.3, 0.4) is 0 Å². The second kappa shape index (κ2) is 7.98. The third kappa shape index (κ3) is 3.64. The molecule has 5 nitrogen and oxygen atoms in total. The summed E-state index contributed by atoms with van der Waals surface area (Å²) in [5.74, 6) is 0. The normalized spacial score (nSPS) is 13.9. The van der Waals surface area contributed by atoms with Crippen LogP contribution in [0.15, 0.2) is 89.6 Å². The van der Waals surface area contributed by atoms with Crippen LogP contribution in [-0.4, -0.2) is 28.6 Å². The Hall–Kier alpha value is -4.12. The molecule has 35 heavy (non-hydrogen) atoms. The molecule has 4 heterocycles. The smallest absolute Gasteiger partial charge is 0.227 e. The minimum Gasteiger partial charge on any atom is -0.437 e. The van der Waals surface area contributed by atoms with Gasteiger partial charge in [-0.2, -0.15) is 0 Å². The van der Waals surface area contributed by atoms with Crippen molar-refractivity contribution in [3.63, 3.8) is 0 Å². The lowest BCUT2D eigenvalue weighted by molar-refractivity contribution is 0.495. The highest BCUT2D eigenvalue weighted by Crippen LogP contribution is 2.37. The van der Waals surface area contributed by atoms with Crippen LogP contribution in [0.1, 0.15) is 30.8 Å². The number of hydrogen-bond acceptors (Lipinski definition) is 5. The predicted molar refractivity (Wildman–Crippen MR) is 142 cm³/mol. The number of nitrogens with zero attached hydrogens (tertiary/aromatic N) is 4. The van der Waals surface area contributed by atoms with Gasteiger partial charge in [0.2, 0.25) is 5.71 Å². The maximum Gasteiger partial charge on any atom is 0.227 e. The third-order valence-electron chi connectivity index (χ3n) is 6.94. The summed E-state index contributed by atoms with van der Waals surface area (Å²) in [7, 11) is 2.08. The SMILES string of the molecule is Cc1ccc2c(n1)oc1c(-c3cccc(C(C)(C)c4cccc(N5C=CN(C)C5)c4)n3)cccc12. The van der Waals surface area contributed by atoms with Gasteiger partial charge in [-0.1, -0.05) is 44.2 Å². The van der Waals surface area contributed by atoms with Crippen molar-refractivity contribution >= 4 is 27.8 Å². The number of benzene rings is 2. The van der Waals surface area contributed by atoms with Crippen molar-refractivity contribution in [2.45, 2.75) is 26.2 Å². The Bertz CT molecular complexity index is 1600. The van der Waals surface area contributed by atoms with Gasteiger partial charge in [0.15, 0.2) is 0 Å². The maximum atomic E-state index is 6.24. The number of furan rings is 1. The van der Waals surface area contributed by atoms with Gasteiger partial charge in [0, 0.05) is 52.6 Å². The van der Waals surface area contributed by atoms with E-state index in [2.05, 4.69) is 115 Å². The number of hydrogen-bond donors (Lipinski definition) is 0. The van der Waals surface area contributed by atoms with E-state index in [9.17, 15) is 0 Å². The zero-order valence-corrected chi connectivity index (χ0v) is 20.5. The molecule has 0 saturated heterocycles. The zero-order chi connectivity index (χ0) is 24.2. The van der Waals surface area contributed by atoms with Gasteiger partial charge in [0.25, 0.3) is 0 Å². The number of pyridine rings is 2. The third-order valence-corrected chi connectivity index (χ3v) is 6.94. The van der Waals surface area contributed by atoms with E-state index in [0.29, 0.717) is 5.71 Å². The number of aromatic nitrogens is 2. The molecule has 0 N–H and O–H groups in total. The lowest BCUT2D eigenvalue weighted by Crippen LogP contribution is -2.24. The fourth-order valence-corrected chi connectivity index (χ4v) is 4.82. The molecule has 0 spiro atoms. The number of para-hydroxylation sites is 1. The van der Waals surface area contributed by atoms with Crippen LogP contribution in [0.4, 0.5) is 5.69 Å². The van der Waals surface area contributed by atoms with Crippen LogP contribution in [0.5, 0.6) is 0 Å².